The topological polar surface area (TPSA) is 109 Å². The van der Waals surface area contributed by atoms with Gasteiger partial charge in [0.1, 0.15) is 23.2 Å². The second kappa shape index (κ2) is 9.34. The molecule has 0 unspecified atom stereocenters. The number of furan rings is 1. The number of hydrogen-bond donors (Lipinski definition) is 1. The van der Waals surface area contributed by atoms with E-state index in [-0.39, 0.29) is 22.8 Å². The lowest BCUT2D eigenvalue weighted by Crippen LogP contribution is -2.26. The standard InChI is InChI=1S/C23H19N3O4/c1-16-7-9-20(21(13-16)26(28)29)22-10-8-19(30-22)14-18(15-24)23(27)25-12-11-17-5-3-2-4-6-17/h2-10,13-14H,11-12H2,1H3,(H,25,27)/b18-14-. The van der Waals surface area contributed by atoms with Crippen LogP contribution in [0.5, 0.6) is 0 Å². The maximum atomic E-state index is 12.3. The van der Waals surface area contributed by atoms with E-state index in [1.54, 1.807) is 31.2 Å². The van der Waals surface area contributed by atoms with Gasteiger partial charge in [-0.1, -0.05) is 36.4 Å². The third kappa shape index (κ3) is 5.00. The third-order valence-corrected chi connectivity index (χ3v) is 4.44. The number of benzene rings is 2. The monoisotopic (exact) mass is 401 g/mol. The van der Waals surface area contributed by atoms with Crippen LogP contribution in [0.15, 0.2) is 70.7 Å². The summed E-state index contributed by atoms with van der Waals surface area (Å²) in [5, 5.41) is 23.4. The highest BCUT2D eigenvalue weighted by atomic mass is 16.6. The summed E-state index contributed by atoms with van der Waals surface area (Å²) in [6.45, 7) is 2.16. The van der Waals surface area contributed by atoms with Gasteiger partial charge in [-0.25, -0.2) is 0 Å². The molecule has 3 aromatic rings. The minimum atomic E-state index is -0.507. The first-order chi connectivity index (χ1) is 14.5. The number of carbonyl (C=O) groups is 1. The van der Waals surface area contributed by atoms with Gasteiger partial charge in [0.15, 0.2) is 0 Å². The fourth-order valence-electron chi connectivity index (χ4n) is 2.93. The number of nitro benzene ring substituents is 1. The van der Waals surface area contributed by atoms with Crippen molar-refractivity contribution in [2.75, 3.05) is 6.54 Å². The van der Waals surface area contributed by atoms with Crippen LogP contribution in [0.25, 0.3) is 17.4 Å². The summed E-state index contributed by atoms with van der Waals surface area (Å²) in [7, 11) is 0. The average Bonchev–Trinajstić information content (AvgIpc) is 3.21. The number of nitrogens with zero attached hydrogens (tertiary/aromatic N) is 2. The van der Waals surface area contributed by atoms with Crippen LogP contribution in [0, 0.1) is 28.4 Å². The van der Waals surface area contributed by atoms with Crippen molar-refractivity contribution in [2.45, 2.75) is 13.3 Å². The predicted molar refractivity (Wildman–Crippen MR) is 112 cm³/mol. The summed E-state index contributed by atoms with van der Waals surface area (Å²) in [6, 6.07) is 19.5. The Balaban J connectivity index is 1.73. The van der Waals surface area contributed by atoms with Crippen LogP contribution in [0.2, 0.25) is 0 Å². The summed E-state index contributed by atoms with van der Waals surface area (Å²) in [6.07, 6.45) is 1.97. The van der Waals surface area contributed by atoms with E-state index in [0.29, 0.717) is 18.5 Å². The molecule has 2 aromatic carbocycles. The van der Waals surface area contributed by atoms with Crippen molar-refractivity contribution in [2.24, 2.45) is 0 Å². The minimum Gasteiger partial charge on any atom is -0.456 e. The Kier molecular flexibility index (Phi) is 6.40. The maximum absolute atomic E-state index is 12.3. The first kappa shape index (κ1) is 20.6. The van der Waals surface area contributed by atoms with Gasteiger partial charge < -0.3 is 9.73 Å². The van der Waals surface area contributed by atoms with Crippen LogP contribution >= 0.6 is 0 Å². The number of amides is 1. The van der Waals surface area contributed by atoms with E-state index in [1.807, 2.05) is 36.4 Å². The van der Waals surface area contributed by atoms with E-state index >= 15 is 0 Å². The van der Waals surface area contributed by atoms with Crippen molar-refractivity contribution in [3.63, 3.8) is 0 Å². The number of aryl methyl sites for hydroxylation is 1. The molecule has 0 aliphatic carbocycles. The van der Waals surface area contributed by atoms with Crippen molar-refractivity contribution in [3.05, 3.63) is 93.2 Å². The molecule has 7 nitrogen and oxygen atoms in total. The molecular formula is C23H19N3O4. The molecule has 1 aromatic heterocycles. The van der Waals surface area contributed by atoms with Gasteiger partial charge in [0.25, 0.3) is 11.6 Å². The van der Waals surface area contributed by atoms with Gasteiger partial charge in [0, 0.05) is 18.7 Å². The molecule has 0 saturated carbocycles. The molecule has 3 rings (SSSR count). The Morgan fingerprint density at radius 1 is 1.20 bits per heavy atom. The SMILES string of the molecule is Cc1ccc(-c2ccc(/C=C(/C#N)C(=O)NCCc3ccccc3)o2)c([N+](=O)[O-])c1. The molecule has 0 fully saturated rings. The molecule has 30 heavy (non-hydrogen) atoms. The molecule has 1 heterocycles. The molecule has 0 atom stereocenters. The van der Waals surface area contributed by atoms with Gasteiger partial charge in [0.2, 0.25) is 0 Å². The Morgan fingerprint density at radius 3 is 2.67 bits per heavy atom. The zero-order chi connectivity index (χ0) is 21.5. The fraction of sp³-hybridized carbons (Fsp3) is 0.130. The molecule has 0 aliphatic heterocycles. The molecule has 150 valence electrons. The lowest BCUT2D eigenvalue weighted by Gasteiger charge is -2.04. The minimum absolute atomic E-state index is 0.0703. The molecule has 1 amide bonds. The molecule has 0 radical (unpaired) electrons. The molecule has 0 bridgehead atoms. The van der Waals surface area contributed by atoms with Crippen molar-refractivity contribution < 1.29 is 14.1 Å². The lowest BCUT2D eigenvalue weighted by molar-refractivity contribution is -0.384. The van der Waals surface area contributed by atoms with E-state index in [1.165, 1.54) is 12.1 Å². The van der Waals surface area contributed by atoms with Crippen LogP contribution in [0.4, 0.5) is 5.69 Å². The zero-order valence-corrected chi connectivity index (χ0v) is 16.3. The van der Waals surface area contributed by atoms with Gasteiger partial charge in [0.05, 0.1) is 10.5 Å². The smallest absolute Gasteiger partial charge is 0.280 e. The number of carbonyl (C=O) groups excluding carboxylic acids is 1. The van der Waals surface area contributed by atoms with Crippen molar-refractivity contribution in [3.8, 4) is 17.4 Å². The average molecular weight is 401 g/mol. The Morgan fingerprint density at radius 2 is 1.97 bits per heavy atom. The Hall–Kier alpha value is -4.18. The summed E-state index contributed by atoms with van der Waals surface area (Å²) >= 11 is 0. The van der Waals surface area contributed by atoms with E-state index in [0.717, 1.165) is 11.1 Å². The number of nitrogens with one attached hydrogen (secondary N) is 1. The van der Waals surface area contributed by atoms with Gasteiger partial charge in [-0.05, 0) is 42.7 Å². The second-order valence-electron chi connectivity index (χ2n) is 6.64. The first-order valence-corrected chi connectivity index (χ1v) is 9.27. The van der Waals surface area contributed by atoms with E-state index in [9.17, 15) is 20.2 Å². The van der Waals surface area contributed by atoms with E-state index < -0.39 is 10.8 Å². The predicted octanol–water partition coefficient (Wildman–Crippen LogP) is 4.43. The first-order valence-electron chi connectivity index (χ1n) is 9.27. The molecule has 0 aliphatic rings. The van der Waals surface area contributed by atoms with E-state index in [2.05, 4.69) is 5.32 Å². The van der Waals surface area contributed by atoms with Crippen molar-refractivity contribution in [1.82, 2.24) is 5.32 Å². The van der Waals surface area contributed by atoms with Crippen LogP contribution in [0.1, 0.15) is 16.9 Å². The Labute approximate surface area is 173 Å². The van der Waals surface area contributed by atoms with E-state index in [4.69, 9.17) is 4.42 Å². The highest BCUT2D eigenvalue weighted by Gasteiger charge is 2.18. The molecule has 0 spiro atoms. The molecule has 0 saturated heterocycles. The van der Waals surface area contributed by atoms with Crippen molar-refractivity contribution >= 4 is 17.7 Å². The van der Waals surface area contributed by atoms with Crippen LogP contribution in [-0.4, -0.2) is 17.4 Å². The second-order valence-corrected chi connectivity index (χ2v) is 6.64. The summed E-state index contributed by atoms with van der Waals surface area (Å²) in [4.78, 5) is 23.1. The number of rotatable bonds is 7. The lowest BCUT2D eigenvalue weighted by atomic mass is 10.1. The normalized spacial score (nSPS) is 11.0. The van der Waals surface area contributed by atoms with Crippen LogP contribution in [0.3, 0.4) is 0 Å². The maximum Gasteiger partial charge on any atom is 0.280 e. The van der Waals surface area contributed by atoms with Gasteiger partial charge >= 0.3 is 0 Å². The number of nitro groups is 1. The number of hydrogen-bond acceptors (Lipinski definition) is 5. The van der Waals surface area contributed by atoms with Gasteiger partial charge in [-0.2, -0.15) is 5.26 Å². The number of nitriles is 1. The van der Waals surface area contributed by atoms with Gasteiger partial charge in [-0.3, -0.25) is 14.9 Å². The fourth-order valence-corrected chi connectivity index (χ4v) is 2.93. The molecule has 1 N–H and O–H groups in total. The summed E-state index contributed by atoms with van der Waals surface area (Å²) < 4.78 is 5.64. The molecule has 7 heteroatoms. The van der Waals surface area contributed by atoms with Gasteiger partial charge in [-0.15, -0.1) is 0 Å². The quantitative estimate of drug-likeness (QED) is 0.273. The highest BCUT2D eigenvalue weighted by Crippen LogP contribution is 2.32. The largest absolute Gasteiger partial charge is 0.456 e. The molecular weight excluding hydrogens is 382 g/mol. The highest BCUT2D eigenvalue weighted by molar-refractivity contribution is 6.01. The summed E-state index contributed by atoms with van der Waals surface area (Å²) in [5.74, 6) is 0.0389. The van der Waals surface area contributed by atoms with Crippen molar-refractivity contribution in [1.29, 1.82) is 5.26 Å². The third-order valence-electron chi connectivity index (χ3n) is 4.44. The Bertz CT molecular complexity index is 1140. The van der Waals surface area contributed by atoms with Crippen LogP contribution in [-0.2, 0) is 11.2 Å². The zero-order valence-electron chi connectivity index (χ0n) is 16.3. The van der Waals surface area contributed by atoms with Crippen LogP contribution < -0.4 is 5.32 Å². The summed E-state index contributed by atoms with van der Waals surface area (Å²) in [5.41, 5.74) is 1.99.